The Morgan fingerprint density at radius 2 is 1.55 bits per heavy atom. The van der Waals surface area contributed by atoms with Crippen LogP contribution in [0.2, 0.25) is 0 Å². The molecule has 0 saturated carbocycles. The average molecular weight is 299 g/mol. The summed E-state index contributed by atoms with van der Waals surface area (Å²) in [7, 11) is 0. The summed E-state index contributed by atoms with van der Waals surface area (Å²) in [6.45, 7) is 1.38. The van der Waals surface area contributed by atoms with E-state index in [-0.39, 0.29) is 5.82 Å². The maximum absolute atomic E-state index is 12.8. The molecule has 0 fully saturated rings. The number of rotatable bonds is 6. The molecule has 0 atom stereocenters. The molecule has 0 radical (unpaired) electrons. The topological polar surface area (TPSA) is 88.8 Å². The van der Waals surface area contributed by atoms with Crippen LogP contribution in [0.4, 0.5) is 4.39 Å². The van der Waals surface area contributed by atoms with Gasteiger partial charge in [-0.3, -0.25) is 0 Å². The van der Waals surface area contributed by atoms with Crippen molar-refractivity contribution in [1.82, 2.24) is 5.32 Å². The molecule has 6 heteroatoms. The summed E-state index contributed by atoms with van der Waals surface area (Å²) in [5.74, 6) is 0.0880. The van der Waals surface area contributed by atoms with Crippen molar-refractivity contribution in [2.24, 2.45) is 21.7 Å². The van der Waals surface area contributed by atoms with Gasteiger partial charge in [-0.05, 0) is 23.3 Å². The highest BCUT2D eigenvalue weighted by molar-refractivity contribution is 5.97. The third kappa shape index (κ3) is 4.68. The van der Waals surface area contributed by atoms with E-state index in [1.807, 2.05) is 24.3 Å². The molecule has 5 nitrogen and oxygen atoms in total. The van der Waals surface area contributed by atoms with Crippen molar-refractivity contribution in [2.75, 3.05) is 0 Å². The molecule has 22 heavy (non-hydrogen) atoms. The minimum atomic E-state index is -0.224. The third-order valence-corrected chi connectivity index (χ3v) is 3.05. The molecule has 114 valence electrons. The summed E-state index contributed by atoms with van der Waals surface area (Å²) in [4.78, 5) is 0. The van der Waals surface area contributed by atoms with Crippen LogP contribution in [-0.2, 0) is 13.1 Å². The molecule has 0 spiro atoms. The van der Waals surface area contributed by atoms with E-state index in [2.05, 4.69) is 15.5 Å². The van der Waals surface area contributed by atoms with Crippen LogP contribution in [0.1, 0.15) is 16.7 Å². The molecule has 0 aliphatic heterocycles. The van der Waals surface area contributed by atoms with Gasteiger partial charge in [0, 0.05) is 18.7 Å². The second-order valence-electron chi connectivity index (χ2n) is 4.68. The number of benzene rings is 2. The number of hydrogen-bond donors (Lipinski definition) is 3. The van der Waals surface area contributed by atoms with Gasteiger partial charge in [0.15, 0.2) is 5.84 Å². The summed E-state index contributed by atoms with van der Waals surface area (Å²) >= 11 is 0. The lowest BCUT2D eigenvalue weighted by Crippen LogP contribution is -2.14. The second-order valence-corrected chi connectivity index (χ2v) is 4.68. The van der Waals surface area contributed by atoms with Gasteiger partial charge in [-0.2, -0.15) is 0 Å². The molecule has 2 aromatic rings. The largest absolute Gasteiger partial charge is 0.388 e. The molecule has 0 saturated heterocycles. The first-order valence-corrected chi connectivity index (χ1v) is 6.80. The van der Waals surface area contributed by atoms with E-state index in [1.54, 1.807) is 12.1 Å². The fourth-order valence-corrected chi connectivity index (χ4v) is 1.90. The average Bonchev–Trinajstić information content (AvgIpc) is 2.55. The standard InChI is InChI=1S/C16H18FN5/c17-15-7-3-13(4-8-15)10-20-9-12-1-5-14(6-2-12)16(19)22-21-11-18/h1-8,11,20H,9-10H2,(H2,18,21)(H2,19,22). The molecular weight excluding hydrogens is 281 g/mol. The smallest absolute Gasteiger partial charge is 0.153 e. The van der Waals surface area contributed by atoms with E-state index in [0.29, 0.717) is 18.9 Å². The number of nitrogens with zero attached hydrogens (tertiary/aromatic N) is 2. The maximum Gasteiger partial charge on any atom is 0.153 e. The molecule has 0 unspecified atom stereocenters. The van der Waals surface area contributed by atoms with Gasteiger partial charge < -0.3 is 16.8 Å². The number of nitrogens with two attached hydrogens (primary N) is 2. The van der Waals surface area contributed by atoms with Gasteiger partial charge in [0.2, 0.25) is 0 Å². The zero-order valence-electron chi connectivity index (χ0n) is 12.0. The minimum absolute atomic E-state index is 0.224. The van der Waals surface area contributed by atoms with Crippen molar-refractivity contribution in [3.05, 3.63) is 71.0 Å². The van der Waals surface area contributed by atoms with Crippen molar-refractivity contribution in [1.29, 1.82) is 0 Å². The molecule has 0 aliphatic carbocycles. The Labute approximate surface area is 128 Å². The third-order valence-electron chi connectivity index (χ3n) is 3.05. The quantitative estimate of drug-likeness (QED) is 0.431. The molecule has 5 N–H and O–H groups in total. The van der Waals surface area contributed by atoms with Gasteiger partial charge >= 0.3 is 0 Å². The fraction of sp³-hybridized carbons (Fsp3) is 0.125. The second kappa shape index (κ2) is 7.90. The summed E-state index contributed by atoms with van der Waals surface area (Å²) in [5, 5.41) is 10.6. The zero-order chi connectivity index (χ0) is 15.8. The first-order valence-electron chi connectivity index (χ1n) is 6.80. The van der Waals surface area contributed by atoms with Gasteiger partial charge in [-0.25, -0.2) is 4.39 Å². The monoisotopic (exact) mass is 299 g/mol. The first kappa shape index (κ1) is 15.7. The molecule has 0 amide bonds. The highest BCUT2D eigenvalue weighted by Crippen LogP contribution is 2.06. The van der Waals surface area contributed by atoms with Gasteiger partial charge in [0.25, 0.3) is 0 Å². The van der Waals surface area contributed by atoms with Gasteiger partial charge in [0.1, 0.15) is 12.2 Å². The Kier molecular flexibility index (Phi) is 5.62. The molecular formula is C16H18FN5. The summed E-state index contributed by atoms with van der Waals surface area (Å²) in [5.41, 5.74) is 13.8. The first-order chi connectivity index (χ1) is 10.7. The van der Waals surface area contributed by atoms with Crippen molar-refractivity contribution in [2.45, 2.75) is 13.1 Å². The van der Waals surface area contributed by atoms with E-state index in [0.717, 1.165) is 23.0 Å². The van der Waals surface area contributed by atoms with Crippen molar-refractivity contribution >= 4 is 12.2 Å². The maximum atomic E-state index is 12.8. The molecule has 0 aliphatic rings. The summed E-state index contributed by atoms with van der Waals surface area (Å²) in [6, 6.07) is 14.1. The lowest BCUT2D eigenvalue weighted by atomic mass is 10.1. The lowest BCUT2D eigenvalue weighted by Gasteiger charge is -2.06. The molecule has 2 rings (SSSR count). The van der Waals surface area contributed by atoms with Crippen LogP contribution in [-0.4, -0.2) is 12.2 Å². The number of hydrogen-bond acceptors (Lipinski definition) is 3. The summed E-state index contributed by atoms with van der Waals surface area (Å²) < 4.78 is 12.8. The van der Waals surface area contributed by atoms with Crippen LogP contribution >= 0.6 is 0 Å². The normalized spacial score (nSPS) is 12.0. The van der Waals surface area contributed by atoms with Crippen LogP contribution in [0.3, 0.4) is 0 Å². The Morgan fingerprint density at radius 1 is 1.00 bits per heavy atom. The van der Waals surface area contributed by atoms with E-state index in [4.69, 9.17) is 11.5 Å². The number of nitrogens with one attached hydrogen (secondary N) is 1. The van der Waals surface area contributed by atoms with Gasteiger partial charge in [-0.15, -0.1) is 10.2 Å². The zero-order valence-corrected chi connectivity index (χ0v) is 12.0. The molecule has 0 heterocycles. The van der Waals surface area contributed by atoms with Crippen molar-refractivity contribution in [3.63, 3.8) is 0 Å². The minimum Gasteiger partial charge on any atom is -0.388 e. The Hall–Kier alpha value is -2.73. The van der Waals surface area contributed by atoms with Gasteiger partial charge in [-0.1, -0.05) is 36.4 Å². The van der Waals surface area contributed by atoms with Crippen LogP contribution in [0.5, 0.6) is 0 Å². The highest BCUT2D eigenvalue weighted by Gasteiger charge is 1.99. The molecule has 2 aromatic carbocycles. The lowest BCUT2D eigenvalue weighted by molar-refractivity contribution is 0.625. The van der Waals surface area contributed by atoms with E-state index in [9.17, 15) is 4.39 Å². The van der Waals surface area contributed by atoms with E-state index < -0.39 is 0 Å². The Morgan fingerprint density at radius 3 is 2.09 bits per heavy atom. The number of halogens is 1. The molecule has 0 bridgehead atoms. The Bertz CT molecular complexity index is 647. The predicted octanol–water partition coefficient (Wildman–Crippen LogP) is 1.72. The van der Waals surface area contributed by atoms with Crippen molar-refractivity contribution < 1.29 is 4.39 Å². The van der Waals surface area contributed by atoms with Crippen LogP contribution in [0, 0.1) is 5.82 Å². The van der Waals surface area contributed by atoms with E-state index >= 15 is 0 Å². The summed E-state index contributed by atoms with van der Waals surface area (Å²) in [6.07, 6.45) is 1.08. The van der Waals surface area contributed by atoms with Gasteiger partial charge in [0.05, 0.1) is 0 Å². The molecule has 0 aromatic heterocycles. The highest BCUT2D eigenvalue weighted by atomic mass is 19.1. The van der Waals surface area contributed by atoms with Crippen LogP contribution in [0.15, 0.2) is 58.7 Å². The number of amidine groups is 1. The predicted molar refractivity (Wildman–Crippen MR) is 86.8 cm³/mol. The SMILES string of the molecule is N/C=N\N=C(/N)c1ccc(CNCc2ccc(F)cc2)cc1. The van der Waals surface area contributed by atoms with Crippen LogP contribution in [0.25, 0.3) is 0 Å². The Balaban J connectivity index is 1.87. The fourth-order valence-electron chi connectivity index (χ4n) is 1.90. The van der Waals surface area contributed by atoms with Crippen molar-refractivity contribution in [3.8, 4) is 0 Å². The van der Waals surface area contributed by atoms with Crippen LogP contribution < -0.4 is 16.8 Å². The van der Waals surface area contributed by atoms with E-state index in [1.165, 1.54) is 12.1 Å².